The van der Waals surface area contributed by atoms with Gasteiger partial charge in [0.2, 0.25) is 0 Å². The van der Waals surface area contributed by atoms with Crippen LogP contribution in [0.15, 0.2) is 87.8 Å². The summed E-state index contributed by atoms with van der Waals surface area (Å²) in [7, 11) is 3.91. The lowest BCUT2D eigenvalue weighted by atomic mass is 9.95. The Balaban J connectivity index is 1.53. The summed E-state index contributed by atoms with van der Waals surface area (Å²) in [6.45, 7) is 4.02. The predicted molar refractivity (Wildman–Crippen MR) is 168 cm³/mol. The van der Waals surface area contributed by atoms with E-state index in [1.165, 1.54) is 11.3 Å². The van der Waals surface area contributed by atoms with E-state index >= 15 is 0 Å². The second-order valence-corrected chi connectivity index (χ2v) is 11.7. The molecule has 216 valence electrons. The van der Waals surface area contributed by atoms with Gasteiger partial charge in [0, 0.05) is 35.4 Å². The highest BCUT2D eigenvalue weighted by molar-refractivity contribution is 7.07. The highest BCUT2D eigenvalue weighted by Gasteiger charge is 2.33. The van der Waals surface area contributed by atoms with E-state index in [0.717, 1.165) is 22.4 Å². The molecule has 42 heavy (non-hydrogen) atoms. The lowest BCUT2D eigenvalue weighted by Crippen LogP contribution is -2.39. The molecule has 0 spiro atoms. The number of esters is 1. The number of carbonyl (C=O) groups excluding carboxylic acids is 1. The average Bonchev–Trinajstić information content (AvgIpc) is 3.26. The van der Waals surface area contributed by atoms with Gasteiger partial charge >= 0.3 is 5.97 Å². The molecule has 0 fully saturated rings. The van der Waals surface area contributed by atoms with Gasteiger partial charge in [-0.1, -0.05) is 64.9 Å². The maximum atomic E-state index is 13.9. The minimum Gasteiger partial charge on any atom is -0.489 e. The smallest absolute Gasteiger partial charge is 0.338 e. The fourth-order valence-electron chi connectivity index (χ4n) is 4.71. The molecule has 2 heterocycles. The molecule has 4 aromatic rings. The summed E-state index contributed by atoms with van der Waals surface area (Å²) >= 11 is 13.6. The van der Waals surface area contributed by atoms with Gasteiger partial charge in [0.25, 0.3) is 5.56 Å². The third-order valence-corrected chi connectivity index (χ3v) is 8.38. The maximum Gasteiger partial charge on any atom is 0.338 e. The third kappa shape index (κ3) is 6.16. The summed E-state index contributed by atoms with van der Waals surface area (Å²) in [5.74, 6) is 0.141. The van der Waals surface area contributed by atoms with E-state index in [0.29, 0.717) is 36.4 Å². The molecule has 0 saturated heterocycles. The van der Waals surface area contributed by atoms with E-state index < -0.39 is 12.0 Å². The van der Waals surface area contributed by atoms with Crippen molar-refractivity contribution in [3.05, 3.63) is 124 Å². The molecule has 0 N–H and O–H groups in total. The number of aromatic nitrogens is 1. The Hall–Kier alpha value is -3.85. The normalized spacial score (nSPS) is 14.8. The number of hydrogen-bond donors (Lipinski definition) is 0. The number of anilines is 1. The monoisotopic (exact) mass is 621 g/mol. The molecular weight excluding hydrogens is 593 g/mol. The van der Waals surface area contributed by atoms with Crippen LogP contribution in [0.1, 0.15) is 36.6 Å². The van der Waals surface area contributed by atoms with Crippen molar-refractivity contribution in [2.24, 2.45) is 4.99 Å². The van der Waals surface area contributed by atoms with Crippen LogP contribution < -0.4 is 24.5 Å². The van der Waals surface area contributed by atoms with Crippen LogP contribution in [-0.2, 0) is 16.1 Å². The SMILES string of the molecule is CCOC(=O)C1=C(C)N=c2s/c(=C\c3cccc(OCc4ccc(Cl)cc4Cl)c3)c(=O)n2[C@@H]1c1ccc(N(C)C)cc1. The first kappa shape index (κ1) is 29.6. The van der Waals surface area contributed by atoms with E-state index in [1.54, 1.807) is 30.5 Å². The van der Waals surface area contributed by atoms with E-state index in [2.05, 4.69) is 4.99 Å². The molecule has 1 aliphatic rings. The van der Waals surface area contributed by atoms with Crippen LogP contribution in [0.2, 0.25) is 10.0 Å². The van der Waals surface area contributed by atoms with E-state index in [-0.39, 0.29) is 18.8 Å². The Morgan fingerprint density at radius 2 is 1.86 bits per heavy atom. The summed E-state index contributed by atoms with van der Waals surface area (Å²) in [6.07, 6.45) is 1.81. The summed E-state index contributed by atoms with van der Waals surface area (Å²) in [4.78, 5) is 34.2. The largest absolute Gasteiger partial charge is 0.489 e. The van der Waals surface area contributed by atoms with Crippen molar-refractivity contribution in [2.45, 2.75) is 26.5 Å². The standard InChI is InChI=1S/C32H29Cl2N3O4S/c1-5-40-31(39)28-19(2)35-32-37(29(28)21-10-13-24(14-11-21)36(3)4)30(38)27(42-32)16-20-7-6-8-25(15-20)41-18-22-9-12-23(33)17-26(22)34/h6-17,29H,5,18H2,1-4H3/b27-16-/t29-/m1/s1. The van der Waals surface area contributed by atoms with Crippen molar-refractivity contribution < 1.29 is 14.3 Å². The number of ether oxygens (including phenoxy) is 2. The number of hydrogen-bond acceptors (Lipinski definition) is 7. The fourth-order valence-corrected chi connectivity index (χ4v) is 6.22. The van der Waals surface area contributed by atoms with Crippen LogP contribution in [0, 0.1) is 0 Å². The van der Waals surface area contributed by atoms with Gasteiger partial charge in [-0.3, -0.25) is 9.36 Å². The molecule has 0 aliphatic carbocycles. The van der Waals surface area contributed by atoms with Gasteiger partial charge in [-0.2, -0.15) is 0 Å². The zero-order valence-corrected chi connectivity index (χ0v) is 25.9. The van der Waals surface area contributed by atoms with Gasteiger partial charge in [-0.25, -0.2) is 9.79 Å². The quantitative estimate of drug-likeness (QED) is 0.234. The summed E-state index contributed by atoms with van der Waals surface area (Å²) < 4.78 is 13.4. The topological polar surface area (TPSA) is 73.1 Å². The number of fused-ring (bicyclic) bond motifs is 1. The minimum atomic E-state index is -0.669. The van der Waals surface area contributed by atoms with Crippen LogP contribution in [-0.4, -0.2) is 31.2 Å². The van der Waals surface area contributed by atoms with E-state index in [9.17, 15) is 9.59 Å². The Bertz CT molecular complexity index is 1860. The van der Waals surface area contributed by atoms with Crippen molar-refractivity contribution in [1.29, 1.82) is 0 Å². The van der Waals surface area contributed by atoms with Gasteiger partial charge in [-0.05, 0) is 67.4 Å². The number of thiazole rings is 1. The van der Waals surface area contributed by atoms with Gasteiger partial charge in [0.05, 0.1) is 28.5 Å². The van der Waals surface area contributed by atoms with E-state index in [4.69, 9.17) is 32.7 Å². The first-order valence-corrected chi connectivity index (χ1v) is 14.9. The molecular formula is C32H29Cl2N3O4S. The number of rotatable bonds is 8. The van der Waals surface area contributed by atoms with Gasteiger partial charge < -0.3 is 14.4 Å². The van der Waals surface area contributed by atoms with Gasteiger partial charge in [0.15, 0.2) is 4.80 Å². The maximum absolute atomic E-state index is 13.9. The number of halogens is 2. The summed E-state index contributed by atoms with van der Waals surface area (Å²) in [5, 5.41) is 1.09. The molecule has 0 unspecified atom stereocenters. The minimum absolute atomic E-state index is 0.217. The molecule has 0 saturated carbocycles. The van der Waals surface area contributed by atoms with Crippen LogP contribution in [0.25, 0.3) is 6.08 Å². The Labute approximate surface area is 257 Å². The molecule has 1 atom stereocenters. The van der Waals surface area contributed by atoms with Crippen LogP contribution >= 0.6 is 34.5 Å². The van der Waals surface area contributed by atoms with Crippen molar-refractivity contribution in [2.75, 3.05) is 25.6 Å². The third-order valence-electron chi connectivity index (χ3n) is 6.81. The number of benzene rings is 3. The zero-order valence-electron chi connectivity index (χ0n) is 23.6. The van der Waals surface area contributed by atoms with Crippen molar-refractivity contribution in [1.82, 2.24) is 4.57 Å². The Kier molecular flexibility index (Phi) is 8.87. The summed E-state index contributed by atoms with van der Waals surface area (Å²) in [5.41, 5.74) is 4.03. The van der Waals surface area contributed by atoms with Crippen LogP contribution in [0.4, 0.5) is 5.69 Å². The number of nitrogens with zero attached hydrogens (tertiary/aromatic N) is 3. The molecule has 1 aromatic heterocycles. The molecule has 0 amide bonds. The fraction of sp³-hybridized carbons (Fsp3) is 0.219. The summed E-state index contributed by atoms with van der Waals surface area (Å²) in [6, 6.07) is 19.8. The van der Waals surface area contributed by atoms with Crippen LogP contribution in [0.3, 0.4) is 0 Å². The molecule has 0 bridgehead atoms. The highest BCUT2D eigenvalue weighted by Crippen LogP contribution is 2.31. The Morgan fingerprint density at radius 3 is 2.55 bits per heavy atom. The van der Waals surface area contributed by atoms with E-state index in [1.807, 2.05) is 79.7 Å². The lowest BCUT2D eigenvalue weighted by Gasteiger charge is -2.25. The van der Waals surface area contributed by atoms with Crippen molar-refractivity contribution in [3.63, 3.8) is 0 Å². The first-order chi connectivity index (χ1) is 20.2. The van der Waals surface area contributed by atoms with Crippen molar-refractivity contribution in [3.8, 4) is 5.75 Å². The molecule has 3 aromatic carbocycles. The average molecular weight is 623 g/mol. The second-order valence-electron chi connectivity index (χ2n) is 9.89. The number of allylic oxidation sites excluding steroid dienone is 1. The second kappa shape index (κ2) is 12.6. The lowest BCUT2D eigenvalue weighted by molar-refractivity contribution is -0.139. The van der Waals surface area contributed by atoms with Gasteiger partial charge in [0.1, 0.15) is 12.4 Å². The molecule has 5 rings (SSSR count). The highest BCUT2D eigenvalue weighted by atomic mass is 35.5. The molecule has 10 heteroatoms. The Morgan fingerprint density at radius 1 is 1.10 bits per heavy atom. The first-order valence-electron chi connectivity index (χ1n) is 13.3. The zero-order chi connectivity index (χ0) is 30.0. The molecule has 7 nitrogen and oxygen atoms in total. The number of carbonyl (C=O) groups is 1. The predicted octanol–water partition coefficient (Wildman–Crippen LogP) is 5.75. The molecule has 1 aliphatic heterocycles. The van der Waals surface area contributed by atoms with Gasteiger partial charge in [-0.15, -0.1) is 0 Å². The van der Waals surface area contributed by atoms with Crippen LogP contribution in [0.5, 0.6) is 5.75 Å². The van der Waals surface area contributed by atoms with Crippen molar-refractivity contribution >= 4 is 52.3 Å². The molecule has 0 radical (unpaired) electrons.